The number of aldehydes is 1. The van der Waals surface area contributed by atoms with Crippen molar-refractivity contribution in [2.75, 3.05) is 96.3 Å². The Hall–Kier alpha value is -11.8. The third-order valence-corrected chi connectivity index (χ3v) is 16.7. The highest BCUT2D eigenvalue weighted by atomic mass is 19.4. The molecule has 632 valence electrons. The molecule has 117 heavy (non-hydrogen) atoms. The van der Waals surface area contributed by atoms with E-state index in [2.05, 4.69) is 46.8 Å². The van der Waals surface area contributed by atoms with Gasteiger partial charge in [-0.25, -0.2) is 23.6 Å². The number of carbonyl (C=O) groups is 6. The van der Waals surface area contributed by atoms with Gasteiger partial charge in [0.1, 0.15) is 51.8 Å². The summed E-state index contributed by atoms with van der Waals surface area (Å²) in [6.45, 7) is 15.1. The van der Waals surface area contributed by atoms with Gasteiger partial charge in [-0.15, -0.1) is 0 Å². The number of para-hydroxylation sites is 3. The van der Waals surface area contributed by atoms with E-state index in [0.717, 1.165) is 62.0 Å². The van der Waals surface area contributed by atoms with Gasteiger partial charge in [-0.1, -0.05) is 91.0 Å². The lowest BCUT2D eigenvalue weighted by Crippen LogP contribution is -2.38. The van der Waals surface area contributed by atoms with Crippen LogP contribution in [0.2, 0.25) is 0 Å². The molecular weight excluding hydrogens is 1540 g/mol. The second kappa shape index (κ2) is 43.2. The Balaban J connectivity index is 0.000000257. The van der Waals surface area contributed by atoms with Crippen molar-refractivity contribution in [3.8, 4) is 34.3 Å². The summed E-state index contributed by atoms with van der Waals surface area (Å²) in [4.78, 5) is 78.9. The lowest BCUT2D eigenvalue weighted by atomic mass is 10.2. The first-order valence-corrected chi connectivity index (χ1v) is 36.6. The Labute approximate surface area is 673 Å². The molecule has 3 heterocycles. The zero-order valence-electron chi connectivity index (χ0n) is 67.8. The molecule has 3 aromatic heterocycles. The molecule has 0 saturated carbocycles. The summed E-state index contributed by atoms with van der Waals surface area (Å²) in [7, 11) is 15.1. The van der Waals surface area contributed by atoms with E-state index < -0.39 is 76.7 Å². The van der Waals surface area contributed by atoms with Gasteiger partial charge in [0.15, 0.2) is 17.1 Å². The Kier molecular flexibility index (Phi) is 34.7. The number of carbonyl (C=O) groups excluding carboxylic acids is 6. The largest absolute Gasteiger partial charge is 0.496 e. The van der Waals surface area contributed by atoms with Crippen molar-refractivity contribution in [1.29, 1.82) is 0 Å². The zero-order chi connectivity index (χ0) is 86.6. The van der Waals surface area contributed by atoms with Gasteiger partial charge in [0.2, 0.25) is 0 Å². The molecule has 0 aliphatic carbocycles. The van der Waals surface area contributed by atoms with E-state index in [9.17, 15) is 68.3 Å². The summed E-state index contributed by atoms with van der Waals surface area (Å²) < 4.78 is 150. The monoisotopic (exact) mass is 1640 g/mol. The number of likely N-dealkylation sites (N-methyl/N-ethyl adjacent to an activating group) is 5. The number of alkyl halides is 9. The standard InChI is InChI=1S/C29H36F3N5O4.C24H28F3N5O2.C21H21F3N4O2.C8H15NO3/c1-28(2,3)41-27(39)36(5)15-14-35(4)19-20-10-9-12-22(16-20)37-23(17-25(34-37)29(30,31)32)26(38)33-18-21-11-7-8-13-24(21)40-6;1-28-11-12-31(2)16-17-7-6-9-19(13-17)32-20(14-22(30-32)24(25,26)27)23(33)29-15-18-8-4-5-10-21(18)34-3;1-25-12-14-6-5-8-16(10-14)28-17(11-19(27-28)21(22,23)24)20(29)26-13-15-7-3-4-9-18(15)30-2;1-8(2,3)12-7(11)9(4)5-6-10/h7-13,16-17H,14-15,18-19H2,1-6H3,(H,33,38);4-10,13-14,28H,11-12,15-16H2,1-3H3,(H,29,33);3-11,25H,12-13H2,1-2H3,(H,26,29);6H,5H2,1-4H3. The summed E-state index contributed by atoms with van der Waals surface area (Å²) in [6.07, 6.45) is -14.3. The van der Waals surface area contributed by atoms with E-state index in [4.69, 9.17) is 23.7 Å². The minimum atomic E-state index is -4.74. The number of hydrogen-bond acceptors (Lipinski definition) is 18. The van der Waals surface area contributed by atoms with Crippen LogP contribution in [0.5, 0.6) is 17.2 Å². The van der Waals surface area contributed by atoms with Crippen LogP contribution in [0.1, 0.15) is 123 Å². The molecule has 0 atom stereocenters. The van der Waals surface area contributed by atoms with E-state index in [1.54, 1.807) is 183 Å². The molecule has 0 aliphatic rings. The smallest absolute Gasteiger partial charge is 0.435 e. The topological polar surface area (TPSA) is 275 Å². The first-order valence-electron chi connectivity index (χ1n) is 36.6. The number of hydrogen-bond donors (Lipinski definition) is 5. The van der Waals surface area contributed by atoms with Crippen molar-refractivity contribution < 1.29 is 92.0 Å². The number of rotatable bonds is 29. The number of benzene rings is 6. The fourth-order valence-corrected chi connectivity index (χ4v) is 10.9. The molecule has 0 bridgehead atoms. The van der Waals surface area contributed by atoms with Crippen molar-refractivity contribution >= 4 is 36.2 Å². The van der Waals surface area contributed by atoms with Gasteiger partial charge >= 0.3 is 30.7 Å². The second-order valence-corrected chi connectivity index (χ2v) is 28.5. The number of amides is 5. The van der Waals surface area contributed by atoms with E-state index >= 15 is 0 Å². The Morgan fingerprint density at radius 3 is 1.05 bits per heavy atom. The van der Waals surface area contributed by atoms with Crippen molar-refractivity contribution in [3.63, 3.8) is 0 Å². The van der Waals surface area contributed by atoms with Crippen molar-refractivity contribution in [3.05, 3.63) is 231 Å². The number of nitrogens with zero attached hydrogens (tertiary/aromatic N) is 10. The van der Waals surface area contributed by atoms with Crippen LogP contribution < -0.4 is 40.8 Å². The van der Waals surface area contributed by atoms with Gasteiger partial charge in [-0.2, -0.15) is 54.8 Å². The summed E-state index contributed by atoms with van der Waals surface area (Å²) in [6, 6.07) is 44.0. The molecule has 0 unspecified atom stereocenters. The highest BCUT2D eigenvalue weighted by Gasteiger charge is 2.39. The maximum absolute atomic E-state index is 13.6. The molecule has 26 nitrogen and oxygen atoms in total. The quantitative estimate of drug-likeness (QED) is 0.0215. The minimum absolute atomic E-state index is 0.0535. The Morgan fingerprint density at radius 1 is 0.410 bits per heavy atom. The fourth-order valence-electron chi connectivity index (χ4n) is 10.9. The number of nitrogens with one attached hydrogen (secondary N) is 5. The van der Waals surface area contributed by atoms with E-state index in [1.165, 1.54) is 38.2 Å². The van der Waals surface area contributed by atoms with Crippen LogP contribution in [0.15, 0.2) is 164 Å². The minimum Gasteiger partial charge on any atom is -0.496 e. The van der Waals surface area contributed by atoms with Crippen molar-refractivity contribution in [2.24, 2.45) is 0 Å². The molecule has 0 radical (unpaired) electrons. The molecule has 9 aromatic rings. The van der Waals surface area contributed by atoms with E-state index in [1.807, 2.05) is 44.2 Å². The first-order chi connectivity index (χ1) is 55.1. The average molecular weight is 1640 g/mol. The van der Waals surface area contributed by atoms with E-state index in [-0.39, 0.29) is 43.3 Å². The Bertz CT molecular complexity index is 4740. The van der Waals surface area contributed by atoms with Crippen LogP contribution in [0.25, 0.3) is 17.1 Å². The average Bonchev–Trinajstić information content (AvgIpc) is 1.66. The molecule has 5 amide bonds. The molecule has 0 fully saturated rings. The van der Waals surface area contributed by atoms with Gasteiger partial charge in [0.25, 0.3) is 17.7 Å². The van der Waals surface area contributed by atoms with Gasteiger partial charge in [-0.3, -0.25) is 14.4 Å². The molecule has 35 heteroatoms. The van der Waals surface area contributed by atoms with Gasteiger partial charge < -0.3 is 74.7 Å². The number of halogens is 9. The predicted octanol–water partition coefficient (Wildman–Crippen LogP) is 13.2. The van der Waals surface area contributed by atoms with Crippen molar-refractivity contribution in [2.45, 2.75) is 111 Å². The summed E-state index contributed by atoms with van der Waals surface area (Å²) >= 11 is 0. The highest BCUT2D eigenvalue weighted by molar-refractivity contribution is 5.94. The van der Waals surface area contributed by atoms with E-state index in [0.29, 0.717) is 90.0 Å². The molecule has 6 aromatic carbocycles. The fraction of sp³-hybridized carbons (Fsp3) is 0.378. The highest BCUT2D eigenvalue weighted by Crippen LogP contribution is 2.34. The van der Waals surface area contributed by atoms with Gasteiger partial charge in [0.05, 0.1) is 44.9 Å². The Morgan fingerprint density at radius 2 is 0.735 bits per heavy atom. The normalized spacial score (nSPS) is 11.5. The molecule has 0 spiro atoms. The summed E-state index contributed by atoms with van der Waals surface area (Å²) in [5.41, 5.74) is 0.425. The van der Waals surface area contributed by atoms with Gasteiger partial charge in [-0.05, 0) is 141 Å². The molecule has 0 saturated heterocycles. The van der Waals surface area contributed by atoms with Crippen molar-refractivity contribution in [1.82, 2.24) is 75.5 Å². The van der Waals surface area contributed by atoms with Crippen LogP contribution in [0, 0.1) is 0 Å². The van der Waals surface area contributed by atoms with Crippen LogP contribution in [0.3, 0.4) is 0 Å². The third-order valence-electron chi connectivity index (χ3n) is 16.7. The van der Waals surface area contributed by atoms with Crippen LogP contribution in [-0.4, -0.2) is 193 Å². The second-order valence-electron chi connectivity index (χ2n) is 28.5. The third kappa shape index (κ3) is 29.8. The maximum atomic E-state index is 13.6. The number of ether oxygens (including phenoxy) is 5. The number of aromatic nitrogens is 6. The maximum Gasteiger partial charge on any atom is 0.435 e. The molecule has 0 aliphatic heterocycles. The lowest BCUT2D eigenvalue weighted by Gasteiger charge is -2.26. The zero-order valence-corrected chi connectivity index (χ0v) is 67.8. The molecule has 9 rings (SSSR count). The van der Waals surface area contributed by atoms with Gasteiger partial charge in [0, 0.05) is 114 Å². The van der Waals surface area contributed by atoms with Crippen LogP contribution >= 0.6 is 0 Å². The van der Waals surface area contributed by atoms with Crippen LogP contribution in [-0.2, 0) is 72.1 Å². The summed E-state index contributed by atoms with van der Waals surface area (Å²) in [5.74, 6) is -0.379. The predicted molar refractivity (Wildman–Crippen MR) is 421 cm³/mol. The SMILES string of the molecule is CN(CC=O)C(=O)OC(C)(C)C.CNCCN(C)Cc1cccc(-n2nc(C(F)(F)F)cc2C(=O)NCc2ccccc2OC)c1.CNCc1cccc(-n2nc(C(F)(F)F)cc2C(=O)NCc2ccccc2OC)c1.COc1ccccc1CNC(=O)c1cc(C(F)(F)F)nn1-c1cccc(CN(C)CCN(C)C(=O)OC(C)(C)C)c1. The van der Waals surface area contributed by atoms with Crippen LogP contribution in [0.4, 0.5) is 49.1 Å². The number of methoxy groups -OCH3 is 3. The molecular formula is C82H100F9N15O11. The lowest BCUT2D eigenvalue weighted by molar-refractivity contribution is -0.142. The summed E-state index contributed by atoms with van der Waals surface area (Å²) in [5, 5.41) is 25.1. The molecule has 5 N–H and O–H groups in total. The first kappa shape index (κ1) is 94.0.